The first-order valence-electron chi connectivity index (χ1n) is 6.35. The molecule has 2 aromatic rings. The summed E-state index contributed by atoms with van der Waals surface area (Å²) in [4.78, 5) is 1.23. The SMILES string of the molecule is CCOc1ccc(NC(C)c2ccc(Cl)s2)c(C)c1. The molecule has 0 aliphatic rings. The molecule has 2 rings (SSSR count). The average molecular weight is 296 g/mol. The van der Waals surface area contributed by atoms with Gasteiger partial charge in [0.1, 0.15) is 5.75 Å². The van der Waals surface area contributed by atoms with Crippen LogP contribution in [0, 0.1) is 6.92 Å². The smallest absolute Gasteiger partial charge is 0.119 e. The van der Waals surface area contributed by atoms with Crippen molar-refractivity contribution in [2.24, 2.45) is 0 Å². The molecule has 1 heterocycles. The molecular formula is C15H18ClNOS. The topological polar surface area (TPSA) is 21.3 Å². The Morgan fingerprint density at radius 1 is 1.32 bits per heavy atom. The van der Waals surface area contributed by atoms with E-state index in [1.807, 2.05) is 19.1 Å². The summed E-state index contributed by atoms with van der Waals surface area (Å²) >= 11 is 7.58. The Labute approximate surface area is 123 Å². The van der Waals surface area contributed by atoms with Crippen LogP contribution in [0.2, 0.25) is 4.34 Å². The molecule has 0 saturated heterocycles. The zero-order chi connectivity index (χ0) is 13.8. The van der Waals surface area contributed by atoms with E-state index in [1.165, 1.54) is 10.4 Å². The molecule has 102 valence electrons. The van der Waals surface area contributed by atoms with Crippen molar-refractivity contribution in [1.82, 2.24) is 0 Å². The van der Waals surface area contributed by atoms with Gasteiger partial charge in [0.15, 0.2) is 0 Å². The van der Waals surface area contributed by atoms with Gasteiger partial charge in [-0.2, -0.15) is 0 Å². The van der Waals surface area contributed by atoms with Crippen LogP contribution >= 0.6 is 22.9 Å². The van der Waals surface area contributed by atoms with E-state index >= 15 is 0 Å². The highest BCUT2D eigenvalue weighted by molar-refractivity contribution is 7.16. The molecule has 0 spiro atoms. The Bertz CT molecular complexity index is 553. The van der Waals surface area contributed by atoms with Crippen molar-refractivity contribution in [2.75, 3.05) is 11.9 Å². The second kappa shape index (κ2) is 6.31. The van der Waals surface area contributed by atoms with Gasteiger partial charge in [0.05, 0.1) is 17.0 Å². The lowest BCUT2D eigenvalue weighted by Gasteiger charge is -2.16. The fraction of sp³-hybridized carbons (Fsp3) is 0.333. The minimum atomic E-state index is 0.245. The van der Waals surface area contributed by atoms with Crippen LogP contribution in [0.4, 0.5) is 5.69 Å². The molecule has 4 heteroatoms. The van der Waals surface area contributed by atoms with Crippen molar-refractivity contribution in [3.8, 4) is 5.75 Å². The van der Waals surface area contributed by atoms with Crippen LogP contribution in [-0.2, 0) is 0 Å². The molecule has 0 bridgehead atoms. The first kappa shape index (κ1) is 14.2. The zero-order valence-electron chi connectivity index (χ0n) is 11.4. The molecule has 0 amide bonds. The summed E-state index contributed by atoms with van der Waals surface area (Å²) in [6.07, 6.45) is 0. The Morgan fingerprint density at radius 3 is 2.68 bits per heavy atom. The molecule has 1 N–H and O–H groups in total. The number of ether oxygens (including phenoxy) is 1. The van der Waals surface area contributed by atoms with Gasteiger partial charge < -0.3 is 10.1 Å². The molecule has 1 unspecified atom stereocenters. The maximum atomic E-state index is 5.97. The van der Waals surface area contributed by atoms with Gasteiger partial charge in [0.2, 0.25) is 0 Å². The highest BCUT2D eigenvalue weighted by Crippen LogP contribution is 2.30. The molecule has 1 aromatic carbocycles. The zero-order valence-corrected chi connectivity index (χ0v) is 12.9. The third kappa shape index (κ3) is 3.64. The van der Waals surface area contributed by atoms with E-state index in [9.17, 15) is 0 Å². The second-order valence-electron chi connectivity index (χ2n) is 4.42. The monoisotopic (exact) mass is 295 g/mol. The van der Waals surface area contributed by atoms with Crippen molar-refractivity contribution < 1.29 is 4.74 Å². The van der Waals surface area contributed by atoms with Gasteiger partial charge in [0, 0.05) is 10.6 Å². The lowest BCUT2D eigenvalue weighted by molar-refractivity contribution is 0.340. The highest BCUT2D eigenvalue weighted by atomic mass is 35.5. The number of hydrogen-bond donors (Lipinski definition) is 1. The summed E-state index contributed by atoms with van der Waals surface area (Å²) in [6.45, 7) is 6.90. The third-order valence-corrected chi connectivity index (χ3v) is 4.32. The second-order valence-corrected chi connectivity index (χ2v) is 6.16. The van der Waals surface area contributed by atoms with Crippen LogP contribution in [0.15, 0.2) is 30.3 Å². The summed E-state index contributed by atoms with van der Waals surface area (Å²) in [5.41, 5.74) is 2.31. The van der Waals surface area contributed by atoms with Gasteiger partial charge in [-0.1, -0.05) is 11.6 Å². The standard InChI is InChI=1S/C15H18ClNOS/c1-4-18-12-5-6-13(10(2)9-12)17-11(3)14-7-8-15(16)19-14/h5-9,11,17H,4H2,1-3H3. The van der Waals surface area contributed by atoms with Gasteiger partial charge in [-0.3, -0.25) is 0 Å². The summed E-state index contributed by atoms with van der Waals surface area (Å²) in [6, 6.07) is 10.4. The van der Waals surface area contributed by atoms with Crippen LogP contribution in [0.1, 0.15) is 30.3 Å². The molecule has 0 radical (unpaired) electrons. The molecule has 1 aromatic heterocycles. The van der Waals surface area contributed by atoms with Crippen LogP contribution in [-0.4, -0.2) is 6.61 Å². The molecular weight excluding hydrogens is 278 g/mol. The predicted octanol–water partition coefficient (Wildman–Crippen LogP) is 5.28. The van der Waals surface area contributed by atoms with Crippen molar-refractivity contribution in [3.63, 3.8) is 0 Å². The van der Waals surface area contributed by atoms with Gasteiger partial charge in [0.25, 0.3) is 0 Å². The molecule has 0 aliphatic carbocycles. The predicted molar refractivity (Wildman–Crippen MR) is 83.7 cm³/mol. The maximum absolute atomic E-state index is 5.97. The van der Waals surface area contributed by atoms with Crippen molar-refractivity contribution in [2.45, 2.75) is 26.8 Å². The Hall–Kier alpha value is -1.19. The lowest BCUT2D eigenvalue weighted by atomic mass is 10.1. The molecule has 2 nitrogen and oxygen atoms in total. The molecule has 1 atom stereocenters. The summed E-state index contributed by atoms with van der Waals surface area (Å²) in [5.74, 6) is 0.914. The summed E-state index contributed by atoms with van der Waals surface area (Å²) in [5, 5.41) is 3.51. The van der Waals surface area contributed by atoms with E-state index < -0.39 is 0 Å². The first-order chi connectivity index (χ1) is 9.10. The van der Waals surface area contributed by atoms with Gasteiger partial charge in [-0.15, -0.1) is 11.3 Å². The minimum absolute atomic E-state index is 0.245. The minimum Gasteiger partial charge on any atom is -0.494 e. The van der Waals surface area contributed by atoms with Crippen LogP contribution < -0.4 is 10.1 Å². The fourth-order valence-electron chi connectivity index (χ4n) is 1.92. The number of nitrogens with one attached hydrogen (secondary N) is 1. The van der Waals surface area contributed by atoms with Gasteiger partial charge >= 0.3 is 0 Å². The number of benzene rings is 1. The highest BCUT2D eigenvalue weighted by Gasteiger charge is 2.09. The van der Waals surface area contributed by atoms with E-state index in [-0.39, 0.29) is 6.04 Å². The van der Waals surface area contributed by atoms with Gasteiger partial charge in [-0.25, -0.2) is 0 Å². The molecule has 0 saturated carbocycles. The average Bonchev–Trinajstić information content (AvgIpc) is 2.80. The molecule has 0 fully saturated rings. The number of thiophene rings is 1. The lowest BCUT2D eigenvalue weighted by Crippen LogP contribution is -2.06. The van der Waals surface area contributed by atoms with Crippen LogP contribution in [0.5, 0.6) is 5.75 Å². The number of hydrogen-bond acceptors (Lipinski definition) is 3. The Kier molecular flexibility index (Phi) is 4.72. The largest absolute Gasteiger partial charge is 0.494 e. The van der Waals surface area contributed by atoms with Crippen LogP contribution in [0.25, 0.3) is 0 Å². The Balaban J connectivity index is 2.10. The number of aryl methyl sites for hydroxylation is 1. The van der Waals surface area contributed by atoms with Crippen LogP contribution in [0.3, 0.4) is 0 Å². The maximum Gasteiger partial charge on any atom is 0.119 e. The number of halogens is 1. The Morgan fingerprint density at radius 2 is 2.11 bits per heavy atom. The first-order valence-corrected chi connectivity index (χ1v) is 7.55. The number of anilines is 1. The summed E-state index contributed by atoms with van der Waals surface area (Å²) in [7, 11) is 0. The van der Waals surface area contributed by atoms with E-state index in [1.54, 1.807) is 11.3 Å². The van der Waals surface area contributed by atoms with E-state index in [0.29, 0.717) is 6.61 Å². The summed E-state index contributed by atoms with van der Waals surface area (Å²) < 4.78 is 6.32. The molecule has 19 heavy (non-hydrogen) atoms. The molecule has 0 aliphatic heterocycles. The normalized spacial score (nSPS) is 12.2. The van der Waals surface area contributed by atoms with E-state index in [0.717, 1.165) is 15.8 Å². The quantitative estimate of drug-likeness (QED) is 0.810. The number of rotatable bonds is 5. The van der Waals surface area contributed by atoms with Crippen molar-refractivity contribution >= 4 is 28.6 Å². The van der Waals surface area contributed by atoms with Crippen molar-refractivity contribution in [1.29, 1.82) is 0 Å². The van der Waals surface area contributed by atoms with Crippen molar-refractivity contribution in [3.05, 3.63) is 45.1 Å². The van der Waals surface area contributed by atoms with Gasteiger partial charge in [-0.05, 0) is 56.7 Å². The fourth-order valence-corrected chi connectivity index (χ4v) is 2.98. The third-order valence-electron chi connectivity index (χ3n) is 2.90. The van der Waals surface area contributed by atoms with E-state index in [4.69, 9.17) is 16.3 Å². The van der Waals surface area contributed by atoms with E-state index in [2.05, 4.69) is 37.4 Å².